The Balaban J connectivity index is 1.38. The molecule has 0 radical (unpaired) electrons. The molecule has 0 aliphatic rings. The van der Waals surface area contributed by atoms with Crippen molar-refractivity contribution in [3.05, 3.63) is 64.1 Å². The topological polar surface area (TPSA) is 76.5 Å². The van der Waals surface area contributed by atoms with Gasteiger partial charge in [-0.05, 0) is 48.9 Å². The molecule has 0 saturated carbocycles. The molecule has 3 aromatic rings. The molecule has 0 bridgehead atoms. The summed E-state index contributed by atoms with van der Waals surface area (Å²) in [6.07, 6.45) is 1.59. The molecule has 1 heterocycles. The van der Waals surface area contributed by atoms with Crippen molar-refractivity contribution in [3.8, 4) is 5.75 Å². The predicted octanol–water partition coefficient (Wildman–Crippen LogP) is 4.91. The van der Waals surface area contributed by atoms with Gasteiger partial charge in [0.15, 0.2) is 4.34 Å². The molecule has 3 rings (SSSR count). The molecule has 1 amide bonds. The molecule has 1 N–H and O–H groups in total. The van der Waals surface area contributed by atoms with Crippen LogP contribution in [-0.2, 0) is 4.79 Å². The Kier molecular flexibility index (Phi) is 9.00. The van der Waals surface area contributed by atoms with E-state index < -0.39 is 0 Å². The van der Waals surface area contributed by atoms with Gasteiger partial charge in [0.25, 0.3) is 5.91 Å². The summed E-state index contributed by atoms with van der Waals surface area (Å²) in [5, 5.41) is 13.5. The Morgan fingerprint density at radius 1 is 1.23 bits per heavy atom. The quantitative estimate of drug-likeness (QED) is 0.193. The summed E-state index contributed by atoms with van der Waals surface area (Å²) in [5.41, 5.74) is 3.35. The highest BCUT2D eigenvalue weighted by molar-refractivity contribution is 8.01. The lowest BCUT2D eigenvalue weighted by Crippen LogP contribution is -2.19. The van der Waals surface area contributed by atoms with Crippen LogP contribution in [0.5, 0.6) is 5.75 Å². The average molecular weight is 479 g/mol. The minimum absolute atomic E-state index is 0.198. The molecule has 0 aliphatic carbocycles. The number of nitrogens with one attached hydrogen (secondary N) is 1. The minimum Gasteiger partial charge on any atom is -0.493 e. The fraction of sp³-hybridized carbons (Fsp3) is 0.200. The fourth-order valence-corrected chi connectivity index (χ4v) is 4.67. The molecule has 10 heteroatoms. The van der Waals surface area contributed by atoms with Crippen molar-refractivity contribution in [1.82, 2.24) is 15.6 Å². The van der Waals surface area contributed by atoms with Crippen molar-refractivity contribution in [2.45, 2.75) is 16.2 Å². The van der Waals surface area contributed by atoms with Crippen molar-refractivity contribution < 1.29 is 9.53 Å². The van der Waals surface area contributed by atoms with Crippen LogP contribution < -0.4 is 10.2 Å². The molecule has 0 unspecified atom stereocenters. The number of aryl methyl sites for hydroxylation is 1. The van der Waals surface area contributed by atoms with Gasteiger partial charge in [-0.3, -0.25) is 4.79 Å². The first kappa shape index (κ1) is 22.6. The molecule has 0 atom stereocenters. The number of hydrogen-bond acceptors (Lipinski definition) is 8. The molecule has 30 heavy (non-hydrogen) atoms. The third-order valence-corrected chi connectivity index (χ3v) is 6.73. The van der Waals surface area contributed by atoms with Crippen LogP contribution in [0.1, 0.15) is 10.6 Å². The number of aromatic nitrogens is 2. The number of carbonyl (C=O) groups excluding carboxylic acids is 1. The fourth-order valence-electron chi connectivity index (χ4n) is 2.21. The average Bonchev–Trinajstić information content (AvgIpc) is 3.16. The van der Waals surface area contributed by atoms with E-state index in [2.05, 4.69) is 20.7 Å². The number of rotatable bonds is 10. The van der Waals surface area contributed by atoms with E-state index in [1.54, 1.807) is 18.0 Å². The van der Waals surface area contributed by atoms with E-state index in [0.29, 0.717) is 6.61 Å². The summed E-state index contributed by atoms with van der Waals surface area (Å²) in [7, 11) is 0. The van der Waals surface area contributed by atoms with E-state index in [4.69, 9.17) is 16.3 Å². The molecule has 2 aromatic carbocycles. The van der Waals surface area contributed by atoms with E-state index >= 15 is 0 Å². The number of benzene rings is 2. The van der Waals surface area contributed by atoms with Gasteiger partial charge in [0.1, 0.15) is 10.8 Å². The van der Waals surface area contributed by atoms with Crippen LogP contribution in [0.25, 0.3) is 0 Å². The highest BCUT2D eigenvalue weighted by atomic mass is 35.5. The maximum atomic E-state index is 11.9. The Labute approximate surface area is 192 Å². The molecule has 0 fully saturated rings. The molecule has 6 nitrogen and oxygen atoms in total. The van der Waals surface area contributed by atoms with Crippen LogP contribution in [0.3, 0.4) is 0 Å². The zero-order valence-electron chi connectivity index (χ0n) is 16.1. The van der Waals surface area contributed by atoms with Crippen LogP contribution in [0.2, 0.25) is 5.02 Å². The number of hydrazone groups is 1. The van der Waals surface area contributed by atoms with Gasteiger partial charge in [-0.2, -0.15) is 5.10 Å². The monoisotopic (exact) mass is 478 g/mol. The predicted molar refractivity (Wildman–Crippen MR) is 125 cm³/mol. The second kappa shape index (κ2) is 11.9. The summed E-state index contributed by atoms with van der Waals surface area (Å²) >= 11 is 10.4. The number of nitrogens with zero attached hydrogens (tertiary/aromatic N) is 3. The lowest BCUT2D eigenvalue weighted by Gasteiger charge is -2.07. The van der Waals surface area contributed by atoms with E-state index in [1.165, 1.54) is 23.1 Å². The Morgan fingerprint density at radius 3 is 2.83 bits per heavy atom. The largest absolute Gasteiger partial charge is 0.493 e. The number of hydrogen-bond donors (Lipinski definition) is 1. The first-order valence-electron chi connectivity index (χ1n) is 8.94. The third kappa shape index (κ3) is 7.98. The zero-order chi connectivity index (χ0) is 21.2. The SMILES string of the molecule is Cc1nnc(SCC(=O)N/N=C/c2cccc(OCCSc3ccc(Cl)cc3)c2)s1. The van der Waals surface area contributed by atoms with Crippen molar-refractivity contribution in [3.63, 3.8) is 0 Å². The van der Waals surface area contributed by atoms with E-state index in [1.807, 2.05) is 55.5 Å². The Bertz CT molecular complexity index is 996. The highest BCUT2D eigenvalue weighted by Gasteiger charge is 2.05. The van der Waals surface area contributed by atoms with Gasteiger partial charge in [-0.1, -0.05) is 46.8 Å². The molecular formula is C20H19ClN4O2S3. The summed E-state index contributed by atoms with van der Waals surface area (Å²) in [6.45, 7) is 2.45. The first-order chi connectivity index (χ1) is 14.6. The number of thioether (sulfide) groups is 2. The molecule has 0 aliphatic heterocycles. The third-order valence-electron chi connectivity index (χ3n) is 3.53. The van der Waals surface area contributed by atoms with Gasteiger partial charge in [0, 0.05) is 15.7 Å². The zero-order valence-corrected chi connectivity index (χ0v) is 19.3. The van der Waals surface area contributed by atoms with Gasteiger partial charge >= 0.3 is 0 Å². The van der Waals surface area contributed by atoms with Gasteiger partial charge in [0.2, 0.25) is 0 Å². The van der Waals surface area contributed by atoms with Crippen molar-refractivity contribution >= 4 is 58.6 Å². The molecular weight excluding hydrogens is 460 g/mol. The van der Waals surface area contributed by atoms with E-state index in [-0.39, 0.29) is 11.7 Å². The van der Waals surface area contributed by atoms with Crippen LogP contribution in [0.4, 0.5) is 0 Å². The van der Waals surface area contributed by atoms with Crippen LogP contribution in [0.15, 0.2) is 62.9 Å². The molecule has 0 saturated heterocycles. The molecule has 156 valence electrons. The van der Waals surface area contributed by atoms with Gasteiger partial charge in [-0.25, -0.2) is 5.43 Å². The Morgan fingerprint density at radius 2 is 2.07 bits per heavy atom. The van der Waals surface area contributed by atoms with Gasteiger partial charge in [0.05, 0.1) is 18.6 Å². The smallest absolute Gasteiger partial charge is 0.250 e. The number of halogens is 1. The molecule has 0 spiro atoms. The second-order valence-electron chi connectivity index (χ2n) is 5.89. The normalized spacial score (nSPS) is 11.0. The summed E-state index contributed by atoms with van der Waals surface area (Å²) in [5.74, 6) is 1.61. The van der Waals surface area contributed by atoms with Crippen LogP contribution >= 0.6 is 46.5 Å². The summed E-state index contributed by atoms with van der Waals surface area (Å²) in [6, 6.07) is 15.3. The Hall–Kier alpha value is -2.07. The van der Waals surface area contributed by atoms with E-state index in [0.717, 1.165) is 36.3 Å². The standard InChI is InChI=1S/C20H19ClN4O2S3/c1-14-23-25-20(30-14)29-13-19(26)24-22-12-15-3-2-4-17(11-15)27-9-10-28-18-7-5-16(21)6-8-18/h2-8,11-12H,9-10,13H2,1H3,(H,24,26)/b22-12+. The maximum Gasteiger partial charge on any atom is 0.250 e. The summed E-state index contributed by atoms with van der Waals surface area (Å²) in [4.78, 5) is 13.0. The first-order valence-corrected chi connectivity index (χ1v) is 12.1. The van der Waals surface area contributed by atoms with Gasteiger partial charge in [-0.15, -0.1) is 22.0 Å². The van der Waals surface area contributed by atoms with Crippen molar-refractivity contribution in [1.29, 1.82) is 0 Å². The number of ether oxygens (including phenoxy) is 1. The number of amides is 1. The maximum absolute atomic E-state index is 11.9. The van der Waals surface area contributed by atoms with Crippen LogP contribution in [-0.4, -0.2) is 40.4 Å². The van der Waals surface area contributed by atoms with Crippen molar-refractivity contribution in [2.75, 3.05) is 18.1 Å². The second-order valence-corrected chi connectivity index (χ2v) is 9.90. The van der Waals surface area contributed by atoms with E-state index in [9.17, 15) is 4.79 Å². The van der Waals surface area contributed by atoms with Crippen molar-refractivity contribution in [2.24, 2.45) is 5.10 Å². The summed E-state index contributed by atoms with van der Waals surface area (Å²) < 4.78 is 6.57. The highest BCUT2D eigenvalue weighted by Crippen LogP contribution is 2.22. The van der Waals surface area contributed by atoms with Gasteiger partial charge < -0.3 is 4.74 Å². The molecule has 1 aromatic heterocycles. The lowest BCUT2D eigenvalue weighted by atomic mass is 10.2. The van der Waals surface area contributed by atoms with Crippen LogP contribution in [0, 0.1) is 6.92 Å². The lowest BCUT2D eigenvalue weighted by molar-refractivity contribution is -0.118. The number of carbonyl (C=O) groups is 1. The minimum atomic E-state index is -0.198.